The lowest BCUT2D eigenvalue weighted by atomic mass is 9.71. The van der Waals surface area contributed by atoms with Gasteiger partial charge in [0.15, 0.2) is 23.0 Å². The maximum atomic E-state index is 6.76. The van der Waals surface area contributed by atoms with E-state index in [9.17, 15) is 0 Å². The van der Waals surface area contributed by atoms with Crippen molar-refractivity contribution in [1.82, 2.24) is 4.90 Å². The van der Waals surface area contributed by atoms with E-state index in [0.29, 0.717) is 12.0 Å². The molecule has 186 valence electrons. The molecule has 6 heteroatoms. The fraction of sp³-hybridized carbons (Fsp3) is 0.571. The summed E-state index contributed by atoms with van der Waals surface area (Å²) in [6.45, 7) is 5.62. The molecule has 0 bridgehead atoms. The lowest BCUT2D eigenvalue weighted by Crippen LogP contribution is -2.55. The van der Waals surface area contributed by atoms with Gasteiger partial charge >= 0.3 is 0 Å². The van der Waals surface area contributed by atoms with E-state index in [4.69, 9.17) is 24.7 Å². The molecule has 0 aromatic heterocycles. The first-order valence-electron chi connectivity index (χ1n) is 12.5. The Kier molecular flexibility index (Phi) is 7.58. The Balaban J connectivity index is 1.84. The summed E-state index contributed by atoms with van der Waals surface area (Å²) in [5, 5.41) is 0. The first-order chi connectivity index (χ1) is 16.5. The third-order valence-electron chi connectivity index (χ3n) is 7.93. The summed E-state index contributed by atoms with van der Waals surface area (Å²) in [4.78, 5) is 2.68. The van der Waals surface area contributed by atoms with E-state index in [2.05, 4.69) is 43.0 Å². The number of hydrogen-bond donors (Lipinski definition) is 1. The van der Waals surface area contributed by atoms with Gasteiger partial charge in [-0.2, -0.15) is 0 Å². The minimum absolute atomic E-state index is 0.159. The molecule has 34 heavy (non-hydrogen) atoms. The molecule has 2 heterocycles. The summed E-state index contributed by atoms with van der Waals surface area (Å²) in [6, 6.07) is 11.4. The summed E-state index contributed by atoms with van der Waals surface area (Å²) in [5.74, 6) is 3.69. The van der Waals surface area contributed by atoms with Crippen molar-refractivity contribution in [2.24, 2.45) is 11.7 Å². The molecule has 2 aromatic carbocycles. The number of hydrogen-bond acceptors (Lipinski definition) is 6. The maximum absolute atomic E-state index is 6.76. The van der Waals surface area contributed by atoms with Gasteiger partial charge in [0.25, 0.3) is 0 Å². The topological polar surface area (TPSA) is 66.2 Å². The molecule has 2 aromatic rings. The number of nitrogens with two attached hydrogens (primary N) is 1. The summed E-state index contributed by atoms with van der Waals surface area (Å²) in [6.07, 6.45) is 4.58. The van der Waals surface area contributed by atoms with Crippen LogP contribution in [0, 0.1) is 5.92 Å². The van der Waals surface area contributed by atoms with Crippen LogP contribution in [0.15, 0.2) is 30.3 Å². The Bertz CT molecular complexity index is 995. The van der Waals surface area contributed by atoms with Crippen LogP contribution in [-0.2, 0) is 0 Å². The van der Waals surface area contributed by atoms with Gasteiger partial charge in [0.1, 0.15) is 0 Å². The third kappa shape index (κ3) is 4.34. The van der Waals surface area contributed by atoms with Gasteiger partial charge in [0.2, 0.25) is 0 Å². The highest BCUT2D eigenvalue weighted by atomic mass is 16.5. The van der Waals surface area contributed by atoms with E-state index in [0.717, 1.165) is 36.0 Å². The van der Waals surface area contributed by atoms with Crippen molar-refractivity contribution in [3.05, 3.63) is 47.0 Å². The van der Waals surface area contributed by atoms with E-state index >= 15 is 0 Å². The van der Waals surface area contributed by atoms with Crippen molar-refractivity contribution >= 4 is 0 Å². The van der Waals surface area contributed by atoms with E-state index < -0.39 is 0 Å². The van der Waals surface area contributed by atoms with Gasteiger partial charge in [-0.3, -0.25) is 4.90 Å². The molecule has 5 unspecified atom stereocenters. The van der Waals surface area contributed by atoms with Gasteiger partial charge in [-0.1, -0.05) is 25.8 Å². The zero-order valence-electron chi connectivity index (χ0n) is 21.5. The number of methoxy groups -OCH3 is 4. The van der Waals surface area contributed by atoms with Crippen molar-refractivity contribution in [3.63, 3.8) is 0 Å². The van der Waals surface area contributed by atoms with E-state index in [1.165, 1.54) is 36.0 Å². The van der Waals surface area contributed by atoms with Crippen molar-refractivity contribution in [1.29, 1.82) is 0 Å². The van der Waals surface area contributed by atoms with Gasteiger partial charge in [-0.15, -0.1) is 0 Å². The molecule has 2 N–H and O–H groups in total. The zero-order chi connectivity index (χ0) is 24.4. The second-order valence-electron chi connectivity index (χ2n) is 9.68. The number of rotatable bonds is 8. The standard InChI is InChI=1S/C28H40N2O4/c1-7-8-9-19-16-30-17(2)28(18-10-11-24(31-3)25(12-18)32-4)21-14-27(34-6)26(33-5)13-20(21)23(30)15-22(19)29/h10-14,17,19,22-23,28H,7-9,15-16,29H2,1-6H3. The van der Waals surface area contributed by atoms with Crippen molar-refractivity contribution < 1.29 is 18.9 Å². The van der Waals surface area contributed by atoms with Crippen LogP contribution < -0.4 is 24.7 Å². The number of benzene rings is 2. The lowest BCUT2D eigenvalue weighted by molar-refractivity contribution is 0.0349. The van der Waals surface area contributed by atoms with Gasteiger partial charge < -0.3 is 24.7 Å². The molecule has 5 atom stereocenters. The summed E-state index contributed by atoms with van der Waals surface area (Å²) in [7, 11) is 6.76. The average Bonchev–Trinajstić information content (AvgIpc) is 2.86. The molecule has 0 aliphatic carbocycles. The van der Waals surface area contributed by atoms with Crippen molar-refractivity contribution in [2.75, 3.05) is 35.0 Å². The molecule has 6 nitrogen and oxygen atoms in total. The molecule has 1 saturated heterocycles. The van der Waals surface area contributed by atoms with Crippen LogP contribution in [0.1, 0.15) is 68.2 Å². The molecular formula is C28H40N2O4. The predicted octanol–water partition coefficient (Wildman–Crippen LogP) is 5.14. The second-order valence-corrected chi connectivity index (χ2v) is 9.68. The molecule has 2 aliphatic heterocycles. The van der Waals surface area contributed by atoms with Gasteiger partial charge in [0, 0.05) is 30.6 Å². The maximum Gasteiger partial charge on any atom is 0.161 e. The van der Waals surface area contributed by atoms with Crippen LogP contribution in [0.2, 0.25) is 0 Å². The van der Waals surface area contributed by atoms with E-state index in [1.807, 2.05) is 6.07 Å². The third-order valence-corrected chi connectivity index (χ3v) is 7.93. The van der Waals surface area contributed by atoms with Crippen LogP contribution in [0.25, 0.3) is 0 Å². The minimum Gasteiger partial charge on any atom is -0.493 e. The second kappa shape index (κ2) is 10.4. The lowest BCUT2D eigenvalue weighted by Gasteiger charge is -2.52. The van der Waals surface area contributed by atoms with Crippen LogP contribution in [0.4, 0.5) is 0 Å². The number of nitrogens with zero attached hydrogens (tertiary/aromatic N) is 1. The number of unbranched alkanes of at least 4 members (excludes halogenated alkanes) is 1. The van der Waals surface area contributed by atoms with Crippen LogP contribution in [0.5, 0.6) is 23.0 Å². The minimum atomic E-state index is 0.159. The Hall–Kier alpha value is -2.44. The highest BCUT2D eigenvalue weighted by Gasteiger charge is 2.45. The Labute approximate surface area is 204 Å². The van der Waals surface area contributed by atoms with Gasteiger partial charge in [-0.25, -0.2) is 0 Å². The number of ether oxygens (including phenoxy) is 4. The average molecular weight is 469 g/mol. The molecule has 0 amide bonds. The van der Waals surface area contributed by atoms with Gasteiger partial charge in [0.05, 0.1) is 28.4 Å². The molecule has 0 saturated carbocycles. The monoisotopic (exact) mass is 468 g/mol. The first-order valence-corrected chi connectivity index (χ1v) is 12.5. The zero-order valence-corrected chi connectivity index (χ0v) is 21.5. The largest absolute Gasteiger partial charge is 0.493 e. The summed E-state index contributed by atoms with van der Waals surface area (Å²) in [5.41, 5.74) is 10.5. The molecule has 0 radical (unpaired) electrons. The SMILES string of the molecule is CCCCC1CN2C(CC1N)c1cc(OC)c(OC)cc1C(c1ccc(OC)c(OC)c1)C2C. The van der Waals surface area contributed by atoms with E-state index in [-0.39, 0.29) is 18.0 Å². The van der Waals surface area contributed by atoms with Crippen LogP contribution in [0.3, 0.4) is 0 Å². The smallest absolute Gasteiger partial charge is 0.161 e. The van der Waals surface area contributed by atoms with Gasteiger partial charge in [-0.05, 0) is 66.6 Å². The Morgan fingerprint density at radius 3 is 2.12 bits per heavy atom. The highest BCUT2D eigenvalue weighted by Crippen LogP contribution is 2.51. The number of fused-ring (bicyclic) bond motifs is 3. The molecule has 1 fully saturated rings. The first kappa shape index (κ1) is 24.7. The normalized spacial score (nSPS) is 26.4. The van der Waals surface area contributed by atoms with Crippen molar-refractivity contribution in [2.45, 2.75) is 63.6 Å². The summed E-state index contributed by atoms with van der Waals surface area (Å²) >= 11 is 0. The molecular weight excluding hydrogens is 428 g/mol. The summed E-state index contributed by atoms with van der Waals surface area (Å²) < 4.78 is 22.6. The van der Waals surface area contributed by atoms with E-state index in [1.54, 1.807) is 28.4 Å². The molecule has 4 rings (SSSR count). The quantitative estimate of drug-likeness (QED) is 0.579. The van der Waals surface area contributed by atoms with Crippen LogP contribution >= 0.6 is 0 Å². The Morgan fingerprint density at radius 2 is 1.50 bits per heavy atom. The fourth-order valence-corrected chi connectivity index (χ4v) is 6.07. The molecule has 0 spiro atoms. The molecule has 2 aliphatic rings. The fourth-order valence-electron chi connectivity index (χ4n) is 6.07. The highest BCUT2D eigenvalue weighted by molar-refractivity contribution is 5.55. The van der Waals surface area contributed by atoms with Crippen molar-refractivity contribution in [3.8, 4) is 23.0 Å². The Morgan fingerprint density at radius 1 is 0.882 bits per heavy atom. The predicted molar refractivity (Wildman–Crippen MR) is 135 cm³/mol. The van der Waals surface area contributed by atoms with Crippen LogP contribution in [-0.4, -0.2) is 52.0 Å². The number of piperidine rings is 1.